The fourth-order valence-corrected chi connectivity index (χ4v) is 9.44. The molecule has 3 aliphatic carbocycles. The molecule has 4 amide bonds. The van der Waals surface area contributed by atoms with E-state index >= 15 is 0 Å². The monoisotopic (exact) mass is 632 g/mol. The molecule has 218 valence electrons. The molecular formula is C33H33BrN2O6. The van der Waals surface area contributed by atoms with E-state index in [1.54, 1.807) is 32.9 Å². The summed E-state index contributed by atoms with van der Waals surface area (Å²) in [6, 6.07) is 11.0. The van der Waals surface area contributed by atoms with Gasteiger partial charge in [-0.05, 0) is 70.4 Å². The molecule has 2 heterocycles. The number of amides is 4. The largest absolute Gasteiger partial charge is 0.463 e. The van der Waals surface area contributed by atoms with Gasteiger partial charge in [-0.1, -0.05) is 58.2 Å². The fraction of sp³-hybridized carbons (Fsp3) is 0.424. The van der Waals surface area contributed by atoms with Gasteiger partial charge in [0.25, 0.3) is 0 Å². The first-order chi connectivity index (χ1) is 19.7. The molecule has 0 spiro atoms. The molecule has 0 unspecified atom stereocenters. The van der Waals surface area contributed by atoms with E-state index in [1.165, 1.54) is 9.80 Å². The lowest BCUT2D eigenvalue weighted by Crippen LogP contribution is -2.67. The van der Waals surface area contributed by atoms with Crippen LogP contribution in [0.4, 0.5) is 11.4 Å². The van der Waals surface area contributed by atoms with Crippen molar-refractivity contribution in [3.63, 3.8) is 0 Å². The fourth-order valence-electron chi connectivity index (χ4n) is 8.32. The van der Waals surface area contributed by atoms with Gasteiger partial charge in [-0.25, -0.2) is 14.6 Å². The first-order valence-electron chi connectivity index (χ1n) is 14.2. The Kier molecular flexibility index (Phi) is 6.25. The number of esters is 1. The molecule has 3 fully saturated rings. The maximum Gasteiger partial charge on any atom is 0.334 e. The van der Waals surface area contributed by atoms with Crippen molar-refractivity contribution in [1.29, 1.82) is 0 Å². The minimum Gasteiger partial charge on any atom is -0.463 e. The Morgan fingerprint density at radius 3 is 1.55 bits per heavy atom. The van der Waals surface area contributed by atoms with Gasteiger partial charge in [0.2, 0.25) is 23.6 Å². The van der Waals surface area contributed by atoms with Crippen molar-refractivity contribution >= 4 is 56.9 Å². The Morgan fingerprint density at radius 1 is 0.762 bits per heavy atom. The summed E-state index contributed by atoms with van der Waals surface area (Å²) in [4.78, 5) is 73.8. The highest BCUT2D eigenvalue weighted by molar-refractivity contribution is 9.10. The van der Waals surface area contributed by atoms with Crippen LogP contribution in [0.1, 0.15) is 43.0 Å². The molecule has 5 aliphatic rings. The first-order valence-corrected chi connectivity index (χ1v) is 15.0. The molecule has 2 aromatic carbocycles. The van der Waals surface area contributed by atoms with Gasteiger partial charge in [0.15, 0.2) is 0 Å². The molecule has 8 nitrogen and oxygen atoms in total. The van der Waals surface area contributed by atoms with Crippen LogP contribution >= 0.6 is 15.9 Å². The lowest BCUT2D eigenvalue weighted by molar-refractivity contribution is -0.152. The molecular weight excluding hydrogens is 600 g/mol. The van der Waals surface area contributed by atoms with Gasteiger partial charge in [0.1, 0.15) is 0 Å². The lowest BCUT2D eigenvalue weighted by atomic mass is 9.43. The summed E-state index contributed by atoms with van der Waals surface area (Å²) in [6.45, 7) is 12.7. The number of imide groups is 2. The lowest BCUT2D eigenvalue weighted by Gasteiger charge is -2.59. The van der Waals surface area contributed by atoms with E-state index in [-0.39, 0.29) is 12.2 Å². The summed E-state index contributed by atoms with van der Waals surface area (Å²) < 4.78 is 4.03. The summed E-state index contributed by atoms with van der Waals surface area (Å²) in [5.74, 6) is -6.67. The van der Waals surface area contributed by atoms with Crippen LogP contribution in [0.15, 0.2) is 47.5 Å². The summed E-state index contributed by atoms with van der Waals surface area (Å²) in [5, 5.41) is 0. The molecule has 2 saturated heterocycles. The topological polar surface area (TPSA) is 101 Å². The Balaban J connectivity index is 1.60. The summed E-state index contributed by atoms with van der Waals surface area (Å²) in [6.07, 6.45) is 0. The van der Waals surface area contributed by atoms with Crippen molar-refractivity contribution in [3.8, 4) is 0 Å². The van der Waals surface area contributed by atoms with Crippen molar-refractivity contribution in [2.24, 2.45) is 29.1 Å². The van der Waals surface area contributed by atoms with Gasteiger partial charge in [-0.15, -0.1) is 0 Å². The summed E-state index contributed by atoms with van der Waals surface area (Å²) >= 11 is 3.83. The maximum absolute atomic E-state index is 14.5. The second kappa shape index (κ2) is 9.20. The second-order valence-corrected chi connectivity index (χ2v) is 13.6. The number of halogens is 1. The number of allylic oxidation sites excluding steroid dienone is 1. The van der Waals surface area contributed by atoms with E-state index in [4.69, 9.17) is 4.74 Å². The van der Waals surface area contributed by atoms with E-state index in [2.05, 4.69) is 15.9 Å². The zero-order chi connectivity index (χ0) is 30.6. The van der Waals surface area contributed by atoms with Crippen LogP contribution in [-0.4, -0.2) is 40.5 Å². The van der Waals surface area contributed by atoms with Crippen molar-refractivity contribution in [2.75, 3.05) is 16.4 Å². The molecule has 1 saturated carbocycles. The van der Waals surface area contributed by atoms with Crippen LogP contribution in [-0.2, 0) is 28.7 Å². The molecule has 2 bridgehead atoms. The van der Waals surface area contributed by atoms with Crippen LogP contribution in [0.25, 0.3) is 0 Å². The van der Waals surface area contributed by atoms with Gasteiger partial charge in [-0.2, -0.15) is 0 Å². The molecule has 0 radical (unpaired) electrons. The highest BCUT2D eigenvalue weighted by Crippen LogP contribution is 2.72. The Hall–Kier alpha value is -3.59. The van der Waals surface area contributed by atoms with Crippen LogP contribution in [0.3, 0.4) is 0 Å². The average Bonchev–Trinajstić information content (AvgIpc) is 3.34. The third-order valence-corrected chi connectivity index (χ3v) is 11.5. The van der Waals surface area contributed by atoms with E-state index in [1.807, 2.05) is 52.0 Å². The Morgan fingerprint density at radius 2 is 1.17 bits per heavy atom. The van der Waals surface area contributed by atoms with E-state index in [0.717, 1.165) is 22.3 Å². The number of ether oxygens (including phenoxy) is 1. The number of alkyl halides is 1. The molecule has 0 N–H and O–H groups in total. The third kappa shape index (κ3) is 3.31. The van der Waals surface area contributed by atoms with Crippen LogP contribution in [0.2, 0.25) is 0 Å². The Bertz CT molecular complexity index is 1580. The molecule has 7 rings (SSSR count). The van der Waals surface area contributed by atoms with Gasteiger partial charge in [-0.3, -0.25) is 19.2 Å². The summed E-state index contributed by atoms with van der Waals surface area (Å²) in [5.41, 5.74) is 3.56. The second-order valence-electron chi connectivity index (χ2n) is 12.3. The predicted octanol–water partition coefficient (Wildman–Crippen LogP) is 4.88. The van der Waals surface area contributed by atoms with Gasteiger partial charge in [0, 0.05) is 11.0 Å². The minimum atomic E-state index is -1.47. The van der Waals surface area contributed by atoms with Crippen molar-refractivity contribution < 1.29 is 28.7 Å². The predicted molar refractivity (Wildman–Crippen MR) is 160 cm³/mol. The SMILES string of the molecule is CCOC(=O)C1=C(C)C2(Br)[C@H]3C(=O)N(c4ccc(C)cc4C)C(=O)[C@@H]3C1(C)[C@H]1C(=O)N(c3ccc(C)cc3C)C(=O)[C@@H]12. The number of rotatable bonds is 4. The van der Waals surface area contributed by atoms with E-state index in [9.17, 15) is 24.0 Å². The molecule has 42 heavy (non-hydrogen) atoms. The molecule has 2 aliphatic heterocycles. The molecule has 9 heteroatoms. The molecule has 4 atom stereocenters. The van der Waals surface area contributed by atoms with Crippen LogP contribution in [0.5, 0.6) is 0 Å². The third-order valence-electron chi connectivity index (χ3n) is 9.96. The zero-order valence-corrected chi connectivity index (χ0v) is 26.3. The molecule has 2 aromatic rings. The molecule has 0 aromatic heterocycles. The number of benzene rings is 2. The number of carbonyl (C=O) groups is 5. The van der Waals surface area contributed by atoms with Crippen molar-refractivity contribution in [2.45, 2.75) is 52.8 Å². The number of hydrogen-bond acceptors (Lipinski definition) is 6. The Labute approximate surface area is 253 Å². The number of hydrogen-bond donors (Lipinski definition) is 0. The highest BCUT2D eigenvalue weighted by atomic mass is 79.9. The first kappa shape index (κ1) is 28.5. The summed E-state index contributed by atoms with van der Waals surface area (Å²) in [7, 11) is 0. The van der Waals surface area contributed by atoms with Crippen molar-refractivity contribution in [1.82, 2.24) is 0 Å². The number of nitrogens with zero attached hydrogens (tertiary/aromatic N) is 2. The van der Waals surface area contributed by atoms with E-state index < -0.39 is 63.0 Å². The number of aryl methyl sites for hydroxylation is 4. The number of carbonyl (C=O) groups excluding carboxylic acids is 5. The standard InChI is InChI=1S/C33H33BrN2O6/c1-8-42-31(41)22-19(6)33(34)25-23(27(37)35(29(25)39)20-11-9-15(2)13-17(20)4)32(22,7)24-26(33)30(40)36(28(24)38)21-12-10-16(3)14-18(21)5/h9-14,23-26H,8H2,1-7H3/t23-,24-,25-,26-,32?,33?/m1/s1. The normalized spacial score (nSPS) is 31.7. The van der Waals surface area contributed by atoms with E-state index in [0.29, 0.717) is 16.9 Å². The average molecular weight is 634 g/mol. The quantitative estimate of drug-likeness (QED) is 0.271. The smallest absolute Gasteiger partial charge is 0.334 e. The van der Waals surface area contributed by atoms with Crippen LogP contribution in [0, 0.1) is 56.8 Å². The minimum absolute atomic E-state index is 0.0896. The number of anilines is 2. The zero-order valence-electron chi connectivity index (χ0n) is 24.7. The van der Waals surface area contributed by atoms with Crippen molar-refractivity contribution in [3.05, 3.63) is 69.8 Å². The van der Waals surface area contributed by atoms with Gasteiger partial charge in [0.05, 0.1) is 46.0 Å². The van der Waals surface area contributed by atoms with Gasteiger partial charge >= 0.3 is 5.97 Å². The highest BCUT2D eigenvalue weighted by Gasteiger charge is 2.81. The maximum atomic E-state index is 14.5. The van der Waals surface area contributed by atoms with Crippen LogP contribution < -0.4 is 9.80 Å². The van der Waals surface area contributed by atoms with Gasteiger partial charge < -0.3 is 4.74 Å².